The minimum absolute atomic E-state index is 0.160. The third-order valence-electron chi connectivity index (χ3n) is 2.33. The molecule has 0 spiro atoms. The van der Waals surface area contributed by atoms with Crippen molar-refractivity contribution in [3.63, 3.8) is 0 Å². The first-order valence-electron chi connectivity index (χ1n) is 6.12. The zero-order valence-corrected chi connectivity index (χ0v) is 12.5. The number of nitrogens with zero attached hydrogens (tertiary/aromatic N) is 1. The van der Waals surface area contributed by atoms with Gasteiger partial charge in [0.1, 0.15) is 0 Å². The number of hydrogen-bond donors (Lipinski definition) is 2. The number of thiazole rings is 1. The Morgan fingerprint density at radius 2 is 2.17 bits per heavy atom. The van der Waals surface area contributed by atoms with Crippen molar-refractivity contribution in [2.75, 3.05) is 18.8 Å². The highest BCUT2D eigenvalue weighted by Gasteiger charge is 2.10. The second-order valence-electron chi connectivity index (χ2n) is 4.10. The molecule has 2 N–H and O–H groups in total. The second kappa shape index (κ2) is 7.83. The SMILES string of the molecule is CCCNCCCS(=O)(=O)NCc1csc(C)n1. The van der Waals surface area contributed by atoms with Crippen LogP contribution in [0.15, 0.2) is 5.38 Å². The monoisotopic (exact) mass is 291 g/mol. The summed E-state index contributed by atoms with van der Waals surface area (Å²) in [4.78, 5) is 4.21. The van der Waals surface area contributed by atoms with Crippen molar-refractivity contribution in [2.24, 2.45) is 0 Å². The van der Waals surface area contributed by atoms with Crippen LogP contribution < -0.4 is 10.0 Å². The lowest BCUT2D eigenvalue weighted by molar-refractivity contribution is 0.573. The van der Waals surface area contributed by atoms with Crippen molar-refractivity contribution in [1.29, 1.82) is 0 Å². The van der Waals surface area contributed by atoms with Gasteiger partial charge in [-0.3, -0.25) is 0 Å². The lowest BCUT2D eigenvalue weighted by Gasteiger charge is -2.06. The first-order valence-corrected chi connectivity index (χ1v) is 8.66. The zero-order valence-electron chi connectivity index (χ0n) is 10.9. The fourth-order valence-corrected chi connectivity index (χ4v) is 3.08. The number of nitrogens with one attached hydrogen (secondary N) is 2. The third kappa shape index (κ3) is 6.44. The fraction of sp³-hybridized carbons (Fsp3) is 0.727. The molecule has 0 aliphatic heterocycles. The van der Waals surface area contributed by atoms with Crippen molar-refractivity contribution in [2.45, 2.75) is 33.2 Å². The minimum Gasteiger partial charge on any atom is -0.317 e. The Morgan fingerprint density at radius 1 is 1.39 bits per heavy atom. The van der Waals surface area contributed by atoms with Crippen molar-refractivity contribution < 1.29 is 8.42 Å². The van der Waals surface area contributed by atoms with Crippen molar-refractivity contribution in [3.05, 3.63) is 16.1 Å². The van der Waals surface area contributed by atoms with Gasteiger partial charge in [0.15, 0.2) is 0 Å². The van der Waals surface area contributed by atoms with E-state index in [1.165, 1.54) is 11.3 Å². The number of aromatic nitrogens is 1. The molecule has 0 atom stereocenters. The molecule has 1 aromatic heterocycles. The first kappa shape index (κ1) is 15.6. The summed E-state index contributed by atoms with van der Waals surface area (Å²) < 4.78 is 25.9. The van der Waals surface area contributed by atoms with Gasteiger partial charge in [-0.1, -0.05) is 6.92 Å². The minimum atomic E-state index is -3.18. The van der Waals surface area contributed by atoms with Crippen molar-refractivity contribution in [1.82, 2.24) is 15.0 Å². The molecular weight excluding hydrogens is 270 g/mol. The Kier molecular flexibility index (Phi) is 6.77. The lowest BCUT2D eigenvalue weighted by Crippen LogP contribution is -2.28. The highest BCUT2D eigenvalue weighted by atomic mass is 32.2. The average molecular weight is 291 g/mol. The Bertz CT molecular complexity index is 443. The Morgan fingerprint density at radius 3 is 2.78 bits per heavy atom. The van der Waals surface area contributed by atoms with Crippen molar-refractivity contribution >= 4 is 21.4 Å². The number of aryl methyl sites for hydroxylation is 1. The van der Waals surface area contributed by atoms with Gasteiger partial charge in [0.05, 0.1) is 23.0 Å². The van der Waals surface area contributed by atoms with Crippen LogP contribution in [0.1, 0.15) is 30.5 Å². The Hall–Kier alpha value is -0.500. The van der Waals surface area contributed by atoms with E-state index in [1.54, 1.807) is 0 Å². The summed E-state index contributed by atoms with van der Waals surface area (Å²) >= 11 is 1.53. The van der Waals surface area contributed by atoms with E-state index in [9.17, 15) is 8.42 Å². The summed E-state index contributed by atoms with van der Waals surface area (Å²) in [6.07, 6.45) is 1.69. The molecule has 104 valence electrons. The molecule has 0 aromatic carbocycles. The molecule has 1 heterocycles. The molecule has 1 aromatic rings. The molecule has 18 heavy (non-hydrogen) atoms. The van der Waals surface area contributed by atoms with Crippen LogP contribution in [0.25, 0.3) is 0 Å². The van der Waals surface area contributed by atoms with Crippen LogP contribution in [0, 0.1) is 6.92 Å². The van der Waals surface area contributed by atoms with Gasteiger partial charge in [0, 0.05) is 5.38 Å². The first-order chi connectivity index (χ1) is 8.53. The Balaban J connectivity index is 2.23. The molecule has 0 radical (unpaired) electrons. The smallest absolute Gasteiger partial charge is 0.211 e. The zero-order chi connectivity index (χ0) is 13.4. The fourth-order valence-electron chi connectivity index (χ4n) is 1.43. The third-order valence-corrected chi connectivity index (χ3v) is 4.57. The van der Waals surface area contributed by atoms with Crippen LogP contribution in [0.3, 0.4) is 0 Å². The molecule has 0 aliphatic rings. The summed E-state index contributed by atoms with van der Waals surface area (Å²) in [6.45, 7) is 5.95. The molecule has 5 nitrogen and oxygen atoms in total. The van der Waals surface area contributed by atoms with Crippen LogP contribution in [0.2, 0.25) is 0 Å². The Labute approximate surface area is 113 Å². The maximum atomic E-state index is 11.7. The molecule has 0 aliphatic carbocycles. The van der Waals surface area contributed by atoms with Crippen LogP contribution in [-0.4, -0.2) is 32.2 Å². The van der Waals surface area contributed by atoms with Gasteiger partial charge in [-0.2, -0.15) is 0 Å². The van der Waals surface area contributed by atoms with Crippen LogP contribution in [0.5, 0.6) is 0 Å². The molecule has 7 heteroatoms. The highest BCUT2D eigenvalue weighted by Crippen LogP contribution is 2.07. The maximum Gasteiger partial charge on any atom is 0.211 e. The van der Waals surface area contributed by atoms with E-state index >= 15 is 0 Å². The lowest BCUT2D eigenvalue weighted by atomic mass is 10.4. The summed E-state index contributed by atoms with van der Waals surface area (Å²) in [5, 5.41) is 6.01. The highest BCUT2D eigenvalue weighted by molar-refractivity contribution is 7.89. The van der Waals surface area contributed by atoms with Gasteiger partial charge in [-0.05, 0) is 32.9 Å². The van der Waals surface area contributed by atoms with Gasteiger partial charge >= 0.3 is 0 Å². The molecule has 0 saturated heterocycles. The van der Waals surface area contributed by atoms with Gasteiger partial charge in [0.2, 0.25) is 10.0 Å². The predicted molar refractivity (Wildman–Crippen MR) is 75.3 cm³/mol. The van der Waals surface area contributed by atoms with Crippen LogP contribution in [0.4, 0.5) is 0 Å². The summed E-state index contributed by atoms with van der Waals surface area (Å²) in [5.41, 5.74) is 0.783. The van der Waals surface area contributed by atoms with Crippen LogP contribution in [-0.2, 0) is 16.6 Å². The van der Waals surface area contributed by atoms with E-state index in [0.717, 1.165) is 30.2 Å². The molecule has 0 fully saturated rings. The summed E-state index contributed by atoms with van der Waals surface area (Å²) in [5.74, 6) is 0.160. The number of sulfonamides is 1. The normalized spacial score (nSPS) is 11.9. The molecule has 0 unspecified atom stereocenters. The van der Waals surface area contributed by atoms with E-state index in [1.807, 2.05) is 12.3 Å². The van der Waals surface area contributed by atoms with E-state index < -0.39 is 10.0 Å². The van der Waals surface area contributed by atoms with Gasteiger partial charge in [0.25, 0.3) is 0 Å². The maximum absolute atomic E-state index is 11.7. The van der Waals surface area contributed by atoms with Gasteiger partial charge in [-0.15, -0.1) is 11.3 Å². The molecule has 1 rings (SSSR count). The number of hydrogen-bond acceptors (Lipinski definition) is 5. The number of rotatable bonds is 9. The molecular formula is C11H21N3O2S2. The predicted octanol–water partition coefficient (Wildman–Crippen LogP) is 1.26. The largest absolute Gasteiger partial charge is 0.317 e. The molecule has 0 amide bonds. The topological polar surface area (TPSA) is 71.1 Å². The quantitative estimate of drug-likeness (QED) is 0.672. The average Bonchev–Trinajstić information content (AvgIpc) is 2.73. The van der Waals surface area contributed by atoms with E-state index in [2.05, 4.69) is 21.9 Å². The molecule has 0 bridgehead atoms. The molecule has 0 saturated carbocycles. The van der Waals surface area contributed by atoms with Crippen LogP contribution >= 0.6 is 11.3 Å². The van der Waals surface area contributed by atoms with Gasteiger partial charge < -0.3 is 5.32 Å². The van der Waals surface area contributed by atoms with E-state index in [-0.39, 0.29) is 12.3 Å². The van der Waals surface area contributed by atoms with Gasteiger partial charge in [-0.25, -0.2) is 18.1 Å². The van der Waals surface area contributed by atoms with E-state index in [4.69, 9.17) is 0 Å². The summed E-state index contributed by atoms with van der Waals surface area (Å²) in [7, 11) is -3.18. The van der Waals surface area contributed by atoms with E-state index in [0.29, 0.717) is 6.42 Å². The summed E-state index contributed by atoms with van der Waals surface area (Å²) in [6, 6.07) is 0. The second-order valence-corrected chi connectivity index (χ2v) is 7.09. The standard InChI is InChI=1S/C11H21N3O2S2/c1-3-5-12-6-4-7-18(15,16)13-8-11-9-17-10(2)14-11/h9,12-13H,3-8H2,1-2H3. The van der Waals surface area contributed by atoms with Crippen molar-refractivity contribution in [3.8, 4) is 0 Å².